The largest absolute Gasteiger partial charge is 0.494 e. The van der Waals surface area contributed by atoms with Crippen LogP contribution in [0.1, 0.15) is 105 Å². The average Bonchev–Trinajstić information content (AvgIpc) is 1.55. The van der Waals surface area contributed by atoms with Crippen molar-refractivity contribution in [1.29, 1.82) is 0 Å². The summed E-state index contributed by atoms with van der Waals surface area (Å²) < 4.78 is 44.2. The van der Waals surface area contributed by atoms with Crippen molar-refractivity contribution in [2.45, 2.75) is 121 Å². The summed E-state index contributed by atoms with van der Waals surface area (Å²) in [7, 11) is 0. The van der Waals surface area contributed by atoms with Crippen LogP contribution in [0.5, 0.6) is 5.75 Å². The normalized spacial score (nSPS) is 19.3. The first-order chi connectivity index (χ1) is 46.2. The molecule has 28 heteroatoms. The number of nitrogens with zero attached hydrogens (tertiary/aromatic N) is 8. The van der Waals surface area contributed by atoms with Crippen LogP contribution in [0.3, 0.4) is 0 Å². The zero-order valence-corrected chi connectivity index (χ0v) is 56.0. The van der Waals surface area contributed by atoms with E-state index in [1.54, 1.807) is 30.0 Å². The third-order valence-corrected chi connectivity index (χ3v) is 19.2. The number of carbonyl (C=O) groups is 10. The van der Waals surface area contributed by atoms with E-state index in [1.165, 1.54) is 40.1 Å². The Hall–Kier alpha value is -7.84. The molecule has 7 rings (SSSR count). The van der Waals surface area contributed by atoms with E-state index >= 15 is 0 Å². The molecule has 5 heterocycles. The molecule has 25 nitrogen and oxygen atoms in total. The van der Waals surface area contributed by atoms with E-state index in [-0.39, 0.29) is 74.6 Å². The SMILES string of the molecule is C#C[C@H]1CC(F)(F)CN1C(=O)CNC(=O)c1ccnc2ccc(OCCCCC3CCN(C(=O)[C@H](C)CN4C(=O)CC(SCC(CCCCNC(=O)CCCc5ccc(C)cc5)NC(=O)CN5CCN(COC=O)CCN(COC=O)CCN(CC(=O)O)CC5)C4=O)CC3)cc12. The van der Waals surface area contributed by atoms with Gasteiger partial charge in [0.05, 0.1) is 61.1 Å². The number of carboxylic acids is 1. The molecule has 7 amide bonds. The number of likely N-dealkylation sites (tertiary alicyclic amines) is 3. The number of halogens is 2. The van der Waals surface area contributed by atoms with Crippen molar-refractivity contribution in [3.8, 4) is 18.1 Å². The third-order valence-electron chi connectivity index (χ3n) is 17.9. The lowest BCUT2D eigenvalue weighted by atomic mass is 9.91. The summed E-state index contributed by atoms with van der Waals surface area (Å²) in [5.41, 5.74) is 3.10. The summed E-state index contributed by atoms with van der Waals surface area (Å²) in [6.45, 7) is 7.56. The number of fused-ring (bicyclic) bond motifs is 1. The molecule has 4 N–H and O–H groups in total. The molecule has 0 aliphatic carbocycles. The molecule has 0 saturated carbocycles. The van der Waals surface area contributed by atoms with Crippen molar-refractivity contribution in [2.75, 3.05) is 131 Å². The van der Waals surface area contributed by atoms with Gasteiger partial charge in [-0.15, -0.1) is 18.2 Å². The number of aliphatic carboxylic acids is 1. The average molecular weight is 1360 g/mol. The van der Waals surface area contributed by atoms with Gasteiger partial charge in [-0.3, -0.25) is 77.4 Å². The number of carboxylic acid groups (broad SMARTS) is 1. The lowest BCUT2D eigenvalue weighted by Crippen LogP contribution is -2.50. The second kappa shape index (κ2) is 38.8. The van der Waals surface area contributed by atoms with Crippen LogP contribution >= 0.6 is 11.8 Å². The molecule has 96 heavy (non-hydrogen) atoms. The van der Waals surface area contributed by atoms with Crippen LogP contribution in [0, 0.1) is 31.1 Å². The van der Waals surface area contributed by atoms with Crippen LogP contribution in [0.2, 0.25) is 0 Å². The number of unbranched alkanes of at least 4 members (excludes halogenated alkanes) is 2. The minimum absolute atomic E-state index is 0.00717. The summed E-state index contributed by atoms with van der Waals surface area (Å²) in [6.07, 6.45) is 13.9. The molecule has 4 aliphatic heterocycles. The van der Waals surface area contributed by atoms with E-state index in [1.807, 2.05) is 26.5 Å². The van der Waals surface area contributed by atoms with Gasteiger partial charge in [0.15, 0.2) is 0 Å². The third kappa shape index (κ3) is 24.7. The van der Waals surface area contributed by atoms with Crippen molar-refractivity contribution in [3.05, 3.63) is 71.4 Å². The highest BCUT2D eigenvalue weighted by molar-refractivity contribution is 8.00. The van der Waals surface area contributed by atoms with Crippen molar-refractivity contribution in [1.82, 2.24) is 55.2 Å². The quantitative estimate of drug-likeness (QED) is 0.0282. The predicted octanol–water partition coefficient (Wildman–Crippen LogP) is 3.79. The number of terminal acetylenes is 1. The molecule has 4 saturated heterocycles. The maximum Gasteiger partial charge on any atom is 0.317 e. The smallest absolute Gasteiger partial charge is 0.317 e. The highest BCUT2D eigenvalue weighted by Gasteiger charge is 2.46. The molecule has 1 aromatic heterocycles. The number of hydrogen-bond acceptors (Lipinski definition) is 19. The summed E-state index contributed by atoms with van der Waals surface area (Å²) in [6, 6.07) is 13.4. The molecule has 4 atom stereocenters. The standard InChI is InChI=1S/C68H93F2N11O14S/c1-4-54-38-68(69,70)44-81(54)63(87)39-73-65(90)56-20-24-71-58-19-18-55(36-57(56)58)95-35-8-6-10-52-21-25-79(26-22-52)66(91)50(3)40-80-62(86)37-59(67(80)92)96-43-53(12-5-7-23-72-60(84)13-9-11-51-16-14-49(2)15-17-51)74-61(85)41-75-27-28-76(42-64(88)89)30-32-78(46-94-48-83)34-33-77(31-29-75)45-93-47-82/h1,14-20,24,36,47-48,50,52-54,59H,5-13,21-23,25-35,37-46H2,2-3H3,(H,72,84)(H,73,90)(H,74,85)(H,88,89)/t50-,53?,54+,59?/m1/s1. The fourth-order valence-electron chi connectivity index (χ4n) is 12.4. The maximum atomic E-state index is 14.1. The van der Waals surface area contributed by atoms with Gasteiger partial charge >= 0.3 is 5.97 Å². The van der Waals surface area contributed by atoms with Crippen molar-refractivity contribution in [3.63, 3.8) is 0 Å². The fraction of sp³-hybridized carbons (Fsp3) is 0.603. The number of thioether (sulfide) groups is 1. The van der Waals surface area contributed by atoms with Gasteiger partial charge in [-0.05, 0) is 100 Å². The summed E-state index contributed by atoms with van der Waals surface area (Å²) >= 11 is 1.28. The van der Waals surface area contributed by atoms with Gasteiger partial charge in [-0.25, -0.2) is 8.78 Å². The Balaban J connectivity index is 0.863. The molecule has 0 bridgehead atoms. The molecule has 4 aliphatic rings. The lowest BCUT2D eigenvalue weighted by Gasteiger charge is -2.34. The lowest BCUT2D eigenvalue weighted by molar-refractivity contribution is -0.143. The first kappa shape index (κ1) is 75.5. The Morgan fingerprint density at radius 1 is 0.823 bits per heavy atom. The minimum Gasteiger partial charge on any atom is -0.494 e. The number of aromatic nitrogens is 1. The number of hydrogen-bond donors (Lipinski definition) is 4. The zero-order valence-electron chi connectivity index (χ0n) is 55.1. The number of benzene rings is 2. The molecule has 2 unspecified atom stereocenters. The number of pyridine rings is 1. The number of carbonyl (C=O) groups excluding carboxylic acids is 9. The van der Waals surface area contributed by atoms with E-state index in [2.05, 4.69) is 51.1 Å². The minimum atomic E-state index is -3.10. The fourth-order valence-corrected chi connectivity index (χ4v) is 13.6. The number of imide groups is 1. The van der Waals surface area contributed by atoms with E-state index < -0.39 is 66.5 Å². The molecule has 4 fully saturated rings. The van der Waals surface area contributed by atoms with Gasteiger partial charge in [-0.2, -0.15) is 0 Å². The molecule has 3 aromatic rings. The highest BCUT2D eigenvalue weighted by atomic mass is 32.2. The van der Waals surface area contributed by atoms with Crippen molar-refractivity contribution >= 4 is 82.9 Å². The molecule has 0 radical (unpaired) electrons. The van der Waals surface area contributed by atoms with Crippen molar-refractivity contribution in [2.24, 2.45) is 11.8 Å². The first-order valence-electron chi connectivity index (χ1n) is 33.2. The van der Waals surface area contributed by atoms with Crippen LogP contribution in [0.15, 0.2) is 54.7 Å². The van der Waals surface area contributed by atoms with Gasteiger partial charge in [0.25, 0.3) is 24.8 Å². The Kier molecular flexibility index (Phi) is 30.5. The van der Waals surface area contributed by atoms with E-state index in [0.717, 1.165) is 43.4 Å². The Bertz CT molecular complexity index is 3150. The first-order valence-corrected chi connectivity index (χ1v) is 34.3. The van der Waals surface area contributed by atoms with E-state index in [4.69, 9.17) is 20.6 Å². The highest BCUT2D eigenvalue weighted by Crippen LogP contribution is 2.33. The maximum absolute atomic E-state index is 14.1. The molecular weight excluding hydrogens is 1260 g/mol. The second-order valence-electron chi connectivity index (χ2n) is 25.3. The molecule has 2 aromatic carbocycles. The number of aryl methyl sites for hydroxylation is 2. The van der Waals surface area contributed by atoms with E-state index in [9.17, 15) is 61.8 Å². The van der Waals surface area contributed by atoms with Crippen LogP contribution in [0.25, 0.3) is 10.9 Å². The molecule has 524 valence electrons. The number of amides is 7. The Morgan fingerprint density at radius 2 is 1.49 bits per heavy atom. The molecule has 0 spiro atoms. The van der Waals surface area contributed by atoms with Gasteiger partial charge in [-0.1, -0.05) is 49.1 Å². The second-order valence-corrected chi connectivity index (χ2v) is 26.5. The van der Waals surface area contributed by atoms with Crippen LogP contribution in [-0.2, 0) is 59.0 Å². The van der Waals surface area contributed by atoms with Crippen LogP contribution in [-0.4, -0.2) is 258 Å². The number of piperidine rings is 1. The Morgan fingerprint density at radius 3 is 2.15 bits per heavy atom. The van der Waals surface area contributed by atoms with Gasteiger partial charge in [0.2, 0.25) is 35.4 Å². The predicted molar refractivity (Wildman–Crippen MR) is 354 cm³/mol. The van der Waals surface area contributed by atoms with E-state index in [0.29, 0.717) is 152 Å². The summed E-state index contributed by atoms with van der Waals surface area (Å²) in [4.78, 5) is 144. The zero-order chi connectivity index (χ0) is 69.0. The van der Waals surface area contributed by atoms with Crippen LogP contribution in [0.4, 0.5) is 8.78 Å². The number of rotatable bonds is 35. The van der Waals surface area contributed by atoms with Gasteiger partial charge in [0.1, 0.15) is 19.2 Å². The monoisotopic (exact) mass is 1360 g/mol. The summed E-state index contributed by atoms with van der Waals surface area (Å²) in [5, 5.41) is 18.2. The topological polar surface area (TPSA) is 290 Å². The summed E-state index contributed by atoms with van der Waals surface area (Å²) in [5.74, 6) is -3.86. The molecular formula is C68H93F2N11O14S. The van der Waals surface area contributed by atoms with Gasteiger partial charge < -0.3 is 45.1 Å². The van der Waals surface area contributed by atoms with Gasteiger partial charge in [0, 0.05) is 121 Å². The number of alkyl halides is 2. The number of ether oxygens (including phenoxy) is 3. The number of nitrogens with one attached hydrogen (secondary N) is 3. The van der Waals surface area contributed by atoms with Crippen LogP contribution < -0.4 is 20.7 Å². The van der Waals surface area contributed by atoms with Crippen molar-refractivity contribution < 1.29 is 76.0 Å². The Labute approximate surface area is 564 Å².